The second-order valence-corrected chi connectivity index (χ2v) is 6.41. The van der Waals surface area contributed by atoms with Crippen molar-refractivity contribution in [2.75, 3.05) is 11.4 Å². The Labute approximate surface area is 140 Å². The quantitative estimate of drug-likeness (QED) is 0.732. The predicted octanol–water partition coefficient (Wildman–Crippen LogP) is 4.18. The normalized spacial score (nSPS) is 18.5. The largest absolute Gasteiger partial charge is 0.479 e. The fourth-order valence-corrected chi connectivity index (χ4v) is 2.99. The van der Waals surface area contributed by atoms with E-state index in [0.717, 1.165) is 42.8 Å². The van der Waals surface area contributed by atoms with Crippen LogP contribution in [0.4, 0.5) is 5.69 Å². The van der Waals surface area contributed by atoms with E-state index in [0.29, 0.717) is 0 Å². The maximum atomic E-state index is 12.5. The molecule has 0 bridgehead atoms. The molecule has 23 heavy (non-hydrogen) atoms. The fourth-order valence-electron chi connectivity index (χ4n) is 2.99. The molecule has 2 rings (SSSR count). The lowest BCUT2D eigenvalue weighted by Gasteiger charge is -2.33. The second kappa shape index (κ2) is 8.34. The zero-order valence-electron chi connectivity index (χ0n) is 14.7. The van der Waals surface area contributed by atoms with Crippen LogP contribution in [0.2, 0.25) is 0 Å². The molecular formula is C19H30N2O2. The average Bonchev–Trinajstić information content (AvgIpc) is 2.56. The van der Waals surface area contributed by atoms with E-state index in [1.165, 1.54) is 19.3 Å². The Morgan fingerprint density at radius 2 is 1.96 bits per heavy atom. The summed E-state index contributed by atoms with van der Waals surface area (Å²) in [5.41, 5.74) is 8.09. The van der Waals surface area contributed by atoms with Gasteiger partial charge in [0, 0.05) is 12.6 Å². The van der Waals surface area contributed by atoms with Crippen LogP contribution in [0.5, 0.6) is 5.75 Å². The third-order valence-corrected chi connectivity index (χ3v) is 4.54. The van der Waals surface area contributed by atoms with Gasteiger partial charge in [0.2, 0.25) is 0 Å². The highest BCUT2D eigenvalue weighted by Gasteiger charge is 2.31. The van der Waals surface area contributed by atoms with Gasteiger partial charge in [-0.15, -0.1) is 0 Å². The topological polar surface area (TPSA) is 55.6 Å². The number of carbonyl (C=O) groups is 1. The van der Waals surface area contributed by atoms with Gasteiger partial charge >= 0.3 is 0 Å². The number of nitrogens with zero attached hydrogens (tertiary/aromatic N) is 1. The van der Waals surface area contributed by atoms with Crippen LogP contribution in [0, 0.1) is 0 Å². The summed E-state index contributed by atoms with van der Waals surface area (Å²) in [7, 11) is 0. The van der Waals surface area contributed by atoms with Crippen molar-refractivity contribution in [3.05, 3.63) is 23.8 Å². The van der Waals surface area contributed by atoms with Crippen LogP contribution < -0.4 is 15.4 Å². The summed E-state index contributed by atoms with van der Waals surface area (Å²) < 4.78 is 5.76. The first-order chi connectivity index (χ1) is 11.1. The van der Waals surface area contributed by atoms with Gasteiger partial charge < -0.3 is 15.4 Å². The van der Waals surface area contributed by atoms with Gasteiger partial charge in [0.25, 0.3) is 5.91 Å². The predicted molar refractivity (Wildman–Crippen MR) is 94.9 cm³/mol. The van der Waals surface area contributed by atoms with Crippen LogP contribution in [-0.4, -0.2) is 18.6 Å². The minimum absolute atomic E-state index is 0.00107. The maximum Gasteiger partial charge on any atom is 0.267 e. The lowest BCUT2D eigenvalue weighted by atomic mass is 10.0. The van der Waals surface area contributed by atoms with Crippen molar-refractivity contribution in [1.29, 1.82) is 0 Å². The number of anilines is 1. The minimum atomic E-state index is -0.413. The zero-order chi connectivity index (χ0) is 16.8. The maximum absolute atomic E-state index is 12.5. The number of hydrogen-bond acceptors (Lipinski definition) is 3. The zero-order valence-corrected chi connectivity index (χ0v) is 14.7. The molecule has 1 heterocycles. The van der Waals surface area contributed by atoms with Gasteiger partial charge in [-0.2, -0.15) is 0 Å². The van der Waals surface area contributed by atoms with E-state index in [2.05, 4.69) is 13.8 Å². The van der Waals surface area contributed by atoms with Crippen LogP contribution in [0.1, 0.15) is 70.9 Å². The SMILES string of the molecule is CCCCCCCN1C(=O)C(C)Oc2ccc(C(N)CC)cc21. The fraction of sp³-hybridized carbons (Fsp3) is 0.632. The van der Waals surface area contributed by atoms with Gasteiger partial charge in [0.15, 0.2) is 6.10 Å². The Morgan fingerprint density at radius 3 is 2.65 bits per heavy atom. The summed E-state index contributed by atoms with van der Waals surface area (Å²) in [4.78, 5) is 14.4. The summed E-state index contributed by atoms with van der Waals surface area (Å²) in [6, 6.07) is 5.99. The third kappa shape index (κ3) is 4.25. The molecule has 1 amide bonds. The summed E-state index contributed by atoms with van der Waals surface area (Å²) in [6.07, 6.45) is 6.38. The number of nitrogens with two attached hydrogens (primary N) is 1. The molecule has 2 N–H and O–H groups in total. The molecule has 0 aliphatic carbocycles. The molecule has 0 spiro atoms. The van der Waals surface area contributed by atoms with Crippen LogP contribution in [0.25, 0.3) is 0 Å². The number of unbranched alkanes of at least 4 members (excludes halogenated alkanes) is 4. The van der Waals surface area contributed by atoms with Gasteiger partial charge in [-0.1, -0.05) is 45.6 Å². The molecule has 128 valence electrons. The Kier molecular flexibility index (Phi) is 6.46. The van der Waals surface area contributed by atoms with E-state index in [9.17, 15) is 4.79 Å². The first-order valence-corrected chi connectivity index (χ1v) is 8.96. The smallest absolute Gasteiger partial charge is 0.267 e. The molecule has 4 nitrogen and oxygen atoms in total. The van der Waals surface area contributed by atoms with Crippen molar-refractivity contribution in [3.8, 4) is 5.75 Å². The first-order valence-electron chi connectivity index (χ1n) is 8.96. The molecule has 0 saturated carbocycles. The van der Waals surface area contributed by atoms with Crippen molar-refractivity contribution in [1.82, 2.24) is 0 Å². The van der Waals surface area contributed by atoms with Crippen LogP contribution in [0.15, 0.2) is 18.2 Å². The molecule has 2 atom stereocenters. The van der Waals surface area contributed by atoms with Gasteiger partial charge in [0.1, 0.15) is 5.75 Å². The lowest BCUT2D eigenvalue weighted by molar-refractivity contribution is -0.125. The molecule has 1 aromatic rings. The average molecular weight is 318 g/mol. The van der Waals surface area contributed by atoms with Gasteiger partial charge in [-0.05, 0) is 37.5 Å². The number of carbonyl (C=O) groups excluding carboxylic acids is 1. The summed E-state index contributed by atoms with van der Waals surface area (Å²) in [5.74, 6) is 0.841. The van der Waals surface area contributed by atoms with Crippen molar-refractivity contribution >= 4 is 11.6 Å². The number of ether oxygens (including phenoxy) is 1. The summed E-state index contributed by atoms with van der Waals surface area (Å²) >= 11 is 0. The summed E-state index contributed by atoms with van der Waals surface area (Å²) in [5, 5.41) is 0. The molecule has 1 aromatic carbocycles. The molecular weight excluding hydrogens is 288 g/mol. The van der Waals surface area contributed by atoms with Crippen molar-refractivity contribution in [2.24, 2.45) is 5.73 Å². The van der Waals surface area contributed by atoms with Crippen LogP contribution in [-0.2, 0) is 4.79 Å². The molecule has 0 aromatic heterocycles. The number of fused-ring (bicyclic) bond motifs is 1. The molecule has 1 aliphatic heterocycles. The first kappa shape index (κ1) is 17.8. The van der Waals surface area contributed by atoms with Crippen LogP contribution in [0.3, 0.4) is 0 Å². The minimum Gasteiger partial charge on any atom is -0.479 e. The Morgan fingerprint density at radius 1 is 1.22 bits per heavy atom. The highest BCUT2D eigenvalue weighted by atomic mass is 16.5. The lowest BCUT2D eigenvalue weighted by Crippen LogP contribution is -2.45. The van der Waals surface area contributed by atoms with Gasteiger partial charge in [0.05, 0.1) is 5.69 Å². The number of hydrogen-bond donors (Lipinski definition) is 1. The molecule has 4 heteroatoms. The Bertz CT molecular complexity index is 530. The summed E-state index contributed by atoms with van der Waals surface area (Å²) in [6.45, 7) is 6.86. The molecule has 0 saturated heterocycles. The van der Waals surface area contributed by atoms with Gasteiger partial charge in [-0.3, -0.25) is 4.79 Å². The second-order valence-electron chi connectivity index (χ2n) is 6.41. The Balaban J connectivity index is 2.15. The van der Waals surface area contributed by atoms with Crippen LogP contribution >= 0.6 is 0 Å². The van der Waals surface area contributed by atoms with Crippen molar-refractivity contribution < 1.29 is 9.53 Å². The molecule has 0 radical (unpaired) electrons. The highest BCUT2D eigenvalue weighted by Crippen LogP contribution is 2.36. The van der Waals surface area contributed by atoms with E-state index in [-0.39, 0.29) is 11.9 Å². The standard InChI is InChI=1S/C19H30N2O2/c1-4-6-7-8-9-12-21-17-13-15(16(20)5-2)10-11-18(17)23-14(3)19(21)22/h10-11,13-14,16H,4-9,12,20H2,1-3H3. The monoisotopic (exact) mass is 318 g/mol. The molecule has 0 fully saturated rings. The van der Waals surface area contributed by atoms with E-state index >= 15 is 0 Å². The third-order valence-electron chi connectivity index (χ3n) is 4.54. The molecule has 2 unspecified atom stereocenters. The van der Waals surface area contributed by atoms with E-state index < -0.39 is 6.10 Å². The number of rotatable bonds is 8. The van der Waals surface area contributed by atoms with Crippen molar-refractivity contribution in [3.63, 3.8) is 0 Å². The number of amides is 1. The number of benzene rings is 1. The van der Waals surface area contributed by atoms with E-state index in [4.69, 9.17) is 10.5 Å². The van der Waals surface area contributed by atoms with Crippen molar-refractivity contribution in [2.45, 2.75) is 71.4 Å². The highest BCUT2D eigenvalue weighted by molar-refractivity contribution is 5.99. The van der Waals surface area contributed by atoms with Gasteiger partial charge in [-0.25, -0.2) is 0 Å². The Hall–Kier alpha value is -1.55. The van der Waals surface area contributed by atoms with E-state index in [1.54, 1.807) is 0 Å². The molecule has 1 aliphatic rings. The van der Waals surface area contributed by atoms with E-state index in [1.807, 2.05) is 30.0 Å².